The molecular weight excluding hydrogens is 212 g/mol. The molecule has 0 unspecified atom stereocenters. The van der Waals surface area contributed by atoms with Gasteiger partial charge in [-0.2, -0.15) is 0 Å². The highest BCUT2D eigenvalue weighted by atomic mass is 16.5. The van der Waals surface area contributed by atoms with Gasteiger partial charge in [0.1, 0.15) is 0 Å². The summed E-state index contributed by atoms with van der Waals surface area (Å²) in [6.45, 7) is 13.6. The molecule has 0 radical (unpaired) electrons. The molecule has 1 fully saturated rings. The molecule has 0 aliphatic carbocycles. The Morgan fingerprint density at radius 3 is 2.35 bits per heavy atom. The summed E-state index contributed by atoms with van der Waals surface area (Å²) in [7, 11) is 0. The average molecular weight is 242 g/mol. The first-order valence-electron chi connectivity index (χ1n) is 7.39. The SMILES string of the molecule is CCCCCN(CCC)CCN1CCOCC1. The topological polar surface area (TPSA) is 15.7 Å². The van der Waals surface area contributed by atoms with Crippen molar-refractivity contribution in [2.45, 2.75) is 39.5 Å². The molecule has 0 bridgehead atoms. The van der Waals surface area contributed by atoms with E-state index in [0.29, 0.717) is 0 Å². The molecule has 102 valence electrons. The van der Waals surface area contributed by atoms with Crippen LogP contribution in [0.15, 0.2) is 0 Å². The monoisotopic (exact) mass is 242 g/mol. The Morgan fingerprint density at radius 1 is 0.941 bits per heavy atom. The lowest BCUT2D eigenvalue weighted by molar-refractivity contribution is 0.0332. The number of hydrogen-bond donors (Lipinski definition) is 0. The molecule has 1 aliphatic rings. The van der Waals surface area contributed by atoms with Crippen LogP contribution in [0.1, 0.15) is 39.5 Å². The van der Waals surface area contributed by atoms with Crippen LogP contribution in [0, 0.1) is 0 Å². The number of unbranched alkanes of at least 4 members (excludes halogenated alkanes) is 2. The fourth-order valence-electron chi connectivity index (χ4n) is 2.34. The summed E-state index contributed by atoms with van der Waals surface area (Å²) in [5.41, 5.74) is 0. The van der Waals surface area contributed by atoms with Crippen molar-refractivity contribution in [1.82, 2.24) is 9.80 Å². The molecule has 0 spiro atoms. The van der Waals surface area contributed by atoms with Gasteiger partial charge in [0.2, 0.25) is 0 Å². The Bertz CT molecular complexity index is 170. The zero-order valence-electron chi connectivity index (χ0n) is 11.8. The lowest BCUT2D eigenvalue weighted by Crippen LogP contribution is -2.41. The smallest absolute Gasteiger partial charge is 0.0594 e. The van der Waals surface area contributed by atoms with Gasteiger partial charge in [-0.1, -0.05) is 26.7 Å². The quantitative estimate of drug-likeness (QED) is 0.577. The van der Waals surface area contributed by atoms with Crippen molar-refractivity contribution < 1.29 is 4.74 Å². The van der Waals surface area contributed by atoms with E-state index in [4.69, 9.17) is 4.74 Å². The number of rotatable bonds is 9. The molecule has 1 heterocycles. The summed E-state index contributed by atoms with van der Waals surface area (Å²) in [6, 6.07) is 0. The van der Waals surface area contributed by atoms with Crippen molar-refractivity contribution in [3.63, 3.8) is 0 Å². The minimum atomic E-state index is 0.920. The second kappa shape index (κ2) is 9.86. The molecule has 3 nitrogen and oxygen atoms in total. The van der Waals surface area contributed by atoms with E-state index in [1.807, 2.05) is 0 Å². The van der Waals surface area contributed by atoms with E-state index in [1.54, 1.807) is 0 Å². The van der Waals surface area contributed by atoms with E-state index in [9.17, 15) is 0 Å². The van der Waals surface area contributed by atoms with Crippen LogP contribution in [0.25, 0.3) is 0 Å². The number of hydrogen-bond acceptors (Lipinski definition) is 3. The lowest BCUT2D eigenvalue weighted by Gasteiger charge is -2.30. The second-order valence-electron chi connectivity index (χ2n) is 5.00. The minimum Gasteiger partial charge on any atom is -0.379 e. The van der Waals surface area contributed by atoms with Crippen molar-refractivity contribution >= 4 is 0 Å². The Labute approximate surface area is 107 Å². The van der Waals surface area contributed by atoms with Crippen LogP contribution >= 0.6 is 0 Å². The van der Waals surface area contributed by atoms with Crippen molar-refractivity contribution in [2.75, 3.05) is 52.5 Å². The Morgan fingerprint density at radius 2 is 1.71 bits per heavy atom. The highest BCUT2D eigenvalue weighted by Crippen LogP contribution is 2.02. The van der Waals surface area contributed by atoms with Gasteiger partial charge in [0.05, 0.1) is 13.2 Å². The number of nitrogens with zero attached hydrogens (tertiary/aromatic N) is 2. The van der Waals surface area contributed by atoms with Crippen LogP contribution in [0.4, 0.5) is 0 Å². The lowest BCUT2D eigenvalue weighted by atomic mass is 10.2. The largest absolute Gasteiger partial charge is 0.379 e. The van der Waals surface area contributed by atoms with Crippen LogP contribution in [-0.2, 0) is 4.74 Å². The van der Waals surface area contributed by atoms with Gasteiger partial charge >= 0.3 is 0 Å². The Balaban J connectivity index is 2.13. The van der Waals surface area contributed by atoms with Gasteiger partial charge in [0.25, 0.3) is 0 Å². The maximum atomic E-state index is 5.38. The van der Waals surface area contributed by atoms with Crippen LogP contribution in [0.3, 0.4) is 0 Å². The molecule has 0 saturated carbocycles. The van der Waals surface area contributed by atoms with Crippen molar-refractivity contribution in [2.24, 2.45) is 0 Å². The van der Waals surface area contributed by atoms with E-state index in [2.05, 4.69) is 23.6 Å². The third-order valence-corrected chi connectivity index (χ3v) is 3.45. The Kier molecular flexibility index (Phi) is 8.67. The molecule has 3 heteroatoms. The van der Waals surface area contributed by atoms with Crippen LogP contribution in [0.2, 0.25) is 0 Å². The van der Waals surface area contributed by atoms with Crippen molar-refractivity contribution in [3.8, 4) is 0 Å². The van der Waals surface area contributed by atoms with Crippen LogP contribution in [-0.4, -0.2) is 62.3 Å². The summed E-state index contributed by atoms with van der Waals surface area (Å²) < 4.78 is 5.38. The first kappa shape index (κ1) is 14.9. The van der Waals surface area contributed by atoms with Gasteiger partial charge in [-0.3, -0.25) is 4.90 Å². The average Bonchev–Trinajstić information content (AvgIpc) is 2.37. The number of ether oxygens (including phenoxy) is 1. The normalized spacial score (nSPS) is 17.8. The summed E-state index contributed by atoms with van der Waals surface area (Å²) in [6.07, 6.45) is 5.33. The van der Waals surface area contributed by atoms with E-state index >= 15 is 0 Å². The molecule has 0 aromatic rings. The predicted octanol–water partition coefficient (Wildman–Crippen LogP) is 2.22. The minimum absolute atomic E-state index is 0.920. The van der Waals surface area contributed by atoms with Gasteiger partial charge in [0, 0.05) is 26.2 Å². The van der Waals surface area contributed by atoms with E-state index < -0.39 is 0 Å². The molecule has 1 saturated heterocycles. The predicted molar refractivity (Wildman–Crippen MR) is 73.5 cm³/mol. The Hall–Kier alpha value is -0.120. The maximum absolute atomic E-state index is 5.38. The third-order valence-electron chi connectivity index (χ3n) is 3.45. The fourth-order valence-corrected chi connectivity index (χ4v) is 2.34. The molecule has 0 atom stereocenters. The molecule has 1 rings (SSSR count). The van der Waals surface area contributed by atoms with Crippen molar-refractivity contribution in [3.05, 3.63) is 0 Å². The van der Waals surface area contributed by atoms with Crippen molar-refractivity contribution in [1.29, 1.82) is 0 Å². The van der Waals surface area contributed by atoms with Crippen LogP contribution in [0.5, 0.6) is 0 Å². The highest BCUT2D eigenvalue weighted by molar-refractivity contribution is 4.65. The number of morpholine rings is 1. The van der Waals surface area contributed by atoms with Gasteiger partial charge in [-0.15, -0.1) is 0 Å². The van der Waals surface area contributed by atoms with Crippen LogP contribution < -0.4 is 0 Å². The van der Waals surface area contributed by atoms with E-state index in [-0.39, 0.29) is 0 Å². The summed E-state index contributed by atoms with van der Waals surface area (Å²) in [5.74, 6) is 0. The molecule has 1 aliphatic heterocycles. The molecule has 17 heavy (non-hydrogen) atoms. The van der Waals surface area contributed by atoms with Gasteiger partial charge in [0.15, 0.2) is 0 Å². The zero-order chi connectivity index (χ0) is 12.3. The summed E-state index contributed by atoms with van der Waals surface area (Å²) in [5, 5.41) is 0. The first-order chi connectivity index (χ1) is 8.36. The van der Waals surface area contributed by atoms with Gasteiger partial charge in [-0.25, -0.2) is 0 Å². The second-order valence-corrected chi connectivity index (χ2v) is 5.00. The standard InChI is InChI=1S/C14H30N2O/c1-3-5-6-8-15(7-4-2)9-10-16-11-13-17-14-12-16/h3-14H2,1-2H3. The van der Waals surface area contributed by atoms with E-state index in [1.165, 1.54) is 51.9 Å². The molecule has 0 amide bonds. The third kappa shape index (κ3) is 7.02. The highest BCUT2D eigenvalue weighted by Gasteiger charge is 2.11. The first-order valence-corrected chi connectivity index (χ1v) is 7.39. The zero-order valence-corrected chi connectivity index (χ0v) is 11.8. The van der Waals surface area contributed by atoms with E-state index in [0.717, 1.165) is 26.3 Å². The maximum Gasteiger partial charge on any atom is 0.0594 e. The molecule has 0 aromatic heterocycles. The fraction of sp³-hybridized carbons (Fsp3) is 1.00. The summed E-state index contributed by atoms with van der Waals surface area (Å²) in [4.78, 5) is 5.16. The van der Waals surface area contributed by atoms with Gasteiger partial charge in [-0.05, 0) is 25.9 Å². The molecule has 0 N–H and O–H groups in total. The molecule has 0 aromatic carbocycles. The summed E-state index contributed by atoms with van der Waals surface area (Å²) >= 11 is 0. The molecular formula is C14H30N2O. The van der Waals surface area contributed by atoms with Gasteiger partial charge < -0.3 is 9.64 Å².